The van der Waals surface area contributed by atoms with Crippen LogP contribution in [0.2, 0.25) is 0 Å². The summed E-state index contributed by atoms with van der Waals surface area (Å²) in [6.07, 6.45) is 7.94. The third-order valence-electron chi connectivity index (χ3n) is 5.91. The van der Waals surface area contributed by atoms with Crippen molar-refractivity contribution >= 4 is 17.7 Å². The van der Waals surface area contributed by atoms with Gasteiger partial charge in [0, 0.05) is 35.9 Å². The number of rotatable bonds is 6. The van der Waals surface area contributed by atoms with Crippen LogP contribution in [0.15, 0.2) is 72.7 Å². The molecule has 1 aliphatic carbocycles. The second kappa shape index (κ2) is 9.15. The fourth-order valence-electron chi connectivity index (χ4n) is 4.28. The molecule has 1 aromatic heterocycles. The Morgan fingerprint density at radius 2 is 2.15 bits per heavy atom. The number of pyridine rings is 1. The van der Waals surface area contributed by atoms with E-state index in [-0.39, 0.29) is 6.10 Å². The summed E-state index contributed by atoms with van der Waals surface area (Å²) in [6, 6.07) is 19.6. The minimum atomic E-state index is -0.0489. The summed E-state index contributed by atoms with van der Waals surface area (Å²) in [5, 5.41) is 22.3. The lowest BCUT2D eigenvalue weighted by molar-refractivity contribution is 0.183. The highest BCUT2D eigenvalue weighted by Gasteiger charge is 2.23. The lowest BCUT2D eigenvalue weighted by Crippen LogP contribution is -2.29. The fourth-order valence-corrected chi connectivity index (χ4v) is 4.28. The molecule has 1 atom stereocenters. The van der Waals surface area contributed by atoms with Gasteiger partial charge in [-0.05, 0) is 66.8 Å². The van der Waals surface area contributed by atoms with Gasteiger partial charge in [0.25, 0.3) is 0 Å². The zero-order valence-electron chi connectivity index (χ0n) is 18.1. The van der Waals surface area contributed by atoms with Gasteiger partial charge in [-0.15, -0.1) is 0 Å². The second-order valence-electron chi connectivity index (χ2n) is 8.09. The maximum absolute atomic E-state index is 9.20. The minimum absolute atomic E-state index is 0.0489. The Bertz CT molecular complexity index is 1250. The van der Waals surface area contributed by atoms with Crippen molar-refractivity contribution in [2.45, 2.75) is 25.4 Å². The van der Waals surface area contributed by atoms with E-state index in [1.54, 1.807) is 6.20 Å². The summed E-state index contributed by atoms with van der Waals surface area (Å²) in [6.45, 7) is 0.621. The standard InChI is InChI=1S/C26H24N6O/c27-14-18-7-10-23-19(12-18)4-3-5-25(23)33-22-9-8-20(15-28)24(13-22)31-21-16-30-32(17-21)26-6-1-2-11-29-26/h1-2,6-13,15,17,25,28,30-31H,3-5,16H2. The maximum atomic E-state index is 9.20. The molecule has 3 aromatic rings. The van der Waals surface area contributed by atoms with Gasteiger partial charge in [-0.3, -0.25) is 5.01 Å². The quantitative estimate of drug-likeness (QED) is 0.485. The zero-order chi connectivity index (χ0) is 22.6. The van der Waals surface area contributed by atoms with Crippen LogP contribution in [0, 0.1) is 16.7 Å². The number of nitrogens with zero attached hydrogens (tertiary/aromatic N) is 3. The van der Waals surface area contributed by atoms with Gasteiger partial charge in [-0.2, -0.15) is 5.26 Å². The lowest BCUT2D eigenvalue weighted by atomic mass is 9.88. The largest absolute Gasteiger partial charge is 0.486 e. The van der Waals surface area contributed by atoms with Crippen molar-refractivity contribution in [2.24, 2.45) is 0 Å². The molecule has 7 heteroatoms. The van der Waals surface area contributed by atoms with Gasteiger partial charge in [-0.1, -0.05) is 12.1 Å². The number of aromatic nitrogens is 1. The van der Waals surface area contributed by atoms with Crippen molar-refractivity contribution < 1.29 is 4.74 Å². The average Bonchev–Trinajstić information content (AvgIpc) is 3.33. The van der Waals surface area contributed by atoms with E-state index in [1.165, 1.54) is 11.8 Å². The van der Waals surface area contributed by atoms with Gasteiger partial charge >= 0.3 is 0 Å². The maximum Gasteiger partial charge on any atom is 0.146 e. The second-order valence-corrected chi connectivity index (χ2v) is 8.09. The third kappa shape index (κ3) is 4.43. The van der Waals surface area contributed by atoms with E-state index in [9.17, 15) is 5.26 Å². The molecule has 33 heavy (non-hydrogen) atoms. The number of anilines is 2. The lowest BCUT2D eigenvalue weighted by Gasteiger charge is -2.27. The number of nitriles is 1. The molecule has 2 aliphatic rings. The molecule has 2 aromatic carbocycles. The van der Waals surface area contributed by atoms with Crippen LogP contribution in [-0.4, -0.2) is 17.7 Å². The van der Waals surface area contributed by atoms with Gasteiger partial charge in [-0.25, -0.2) is 10.4 Å². The summed E-state index contributed by atoms with van der Waals surface area (Å²) in [5.41, 5.74) is 8.88. The van der Waals surface area contributed by atoms with Crippen molar-refractivity contribution in [3.8, 4) is 11.8 Å². The normalized spacial score (nSPS) is 17.0. The van der Waals surface area contributed by atoms with E-state index in [0.717, 1.165) is 53.3 Å². The van der Waals surface area contributed by atoms with Gasteiger partial charge in [0.2, 0.25) is 0 Å². The van der Waals surface area contributed by atoms with E-state index in [1.807, 2.05) is 65.8 Å². The Hall–Kier alpha value is -4.15. The first-order valence-corrected chi connectivity index (χ1v) is 11.0. The van der Waals surface area contributed by atoms with Gasteiger partial charge < -0.3 is 15.5 Å². The first kappa shape index (κ1) is 20.7. The molecule has 1 aliphatic heterocycles. The molecule has 0 saturated carbocycles. The highest BCUT2D eigenvalue weighted by atomic mass is 16.5. The Labute approximate surface area is 192 Å². The van der Waals surface area contributed by atoms with Crippen LogP contribution >= 0.6 is 0 Å². The van der Waals surface area contributed by atoms with Crippen LogP contribution in [-0.2, 0) is 6.42 Å². The molecular formula is C26H24N6O. The first-order chi connectivity index (χ1) is 16.2. The Balaban J connectivity index is 1.36. The molecule has 2 heterocycles. The predicted molar refractivity (Wildman–Crippen MR) is 128 cm³/mol. The monoisotopic (exact) mass is 436 g/mol. The van der Waals surface area contributed by atoms with E-state index in [4.69, 9.17) is 10.1 Å². The van der Waals surface area contributed by atoms with E-state index in [0.29, 0.717) is 12.1 Å². The van der Waals surface area contributed by atoms with Crippen molar-refractivity contribution in [1.29, 1.82) is 10.7 Å². The average molecular weight is 437 g/mol. The first-order valence-electron chi connectivity index (χ1n) is 11.0. The molecule has 3 N–H and O–H groups in total. The highest BCUT2D eigenvalue weighted by Crippen LogP contribution is 2.35. The third-order valence-corrected chi connectivity index (χ3v) is 5.91. The molecule has 0 saturated heterocycles. The molecule has 7 nitrogen and oxygen atoms in total. The van der Waals surface area contributed by atoms with Gasteiger partial charge in [0.15, 0.2) is 0 Å². The summed E-state index contributed by atoms with van der Waals surface area (Å²) in [7, 11) is 0. The summed E-state index contributed by atoms with van der Waals surface area (Å²) in [5.74, 6) is 1.56. The smallest absolute Gasteiger partial charge is 0.146 e. The summed E-state index contributed by atoms with van der Waals surface area (Å²) in [4.78, 5) is 4.36. The molecule has 0 amide bonds. The Morgan fingerprint density at radius 1 is 1.21 bits per heavy atom. The Morgan fingerprint density at radius 3 is 2.97 bits per heavy atom. The number of hydrogen-bond acceptors (Lipinski definition) is 7. The SMILES string of the molecule is N#Cc1ccc2c(c1)CCCC2Oc1ccc(C=N)c(NC2=CN(c3ccccn3)NC2)c1. The number of nitrogens with one attached hydrogen (secondary N) is 3. The van der Waals surface area contributed by atoms with Crippen molar-refractivity contribution in [3.63, 3.8) is 0 Å². The summed E-state index contributed by atoms with van der Waals surface area (Å²) >= 11 is 0. The van der Waals surface area contributed by atoms with Crippen LogP contribution < -0.4 is 20.5 Å². The Kier molecular flexibility index (Phi) is 5.75. The van der Waals surface area contributed by atoms with Gasteiger partial charge in [0.1, 0.15) is 17.7 Å². The van der Waals surface area contributed by atoms with Gasteiger partial charge in [0.05, 0.1) is 23.9 Å². The van der Waals surface area contributed by atoms with Crippen molar-refractivity contribution in [2.75, 3.05) is 16.9 Å². The van der Waals surface area contributed by atoms with Crippen LogP contribution in [0.5, 0.6) is 5.75 Å². The number of hydrazine groups is 1. The van der Waals surface area contributed by atoms with E-state index >= 15 is 0 Å². The topological polar surface area (TPSA) is 97.1 Å². The van der Waals surface area contributed by atoms with E-state index in [2.05, 4.69) is 21.8 Å². The molecule has 1 unspecified atom stereocenters. The van der Waals surface area contributed by atoms with Crippen molar-refractivity contribution in [1.82, 2.24) is 10.4 Å². The zero-order valence-corrected chi connectivity index (χ0v) is 18.1. The number of fused-ring (bicyclic) bond motifs is 1. The number of benzene rings is 2. The minimum Gasteiger partial charge on any atom is -0.486 e. The molecule has 0 bridgehead atoms. The van der Waals surface area contributed by atoms with E-state index < -0.39 is 0 Å². The molecule has 164 valence electrons. The van der Waals surface area contributed by atoms with Crippen LogP contribution in [0.4, 0.5) is 11.5 Å². The molecule has 0 radical (unpaired) electrons. The van der Waals surface area contributed by atoms with Crippen LogP contribution in [0.25, 0.3) is 0 Å². The van der Waals surface area contributed by atoms with Crippen LogP contribution in [0.3, 0.4) is 0 Å². The number of ether oxygens (including phenoxy) is 1. The molecule has 5 rings (SSSR count). The number of aryl methyl sites for hydroxylation is 1. The highest BCUT2D eigenvalue weighted by molar-refractivity contribution is 5.87. The van der Waals surface area contributed by atoms with Crippen LogP contribution in [0.1, 0.15) is 41.2 Å². The van der Waals surface area contributed by atoms with Crippen molar-refractivity contribution in [3.05, 3.63) is 94.9 Å². The molecular weight excluding hydrogens is 412 g/mol. The number of hydrogen-bond donors (Lipinski definition) is 3. The molecule has 0 spiro atoms. The fraction of sp³-hybridized carbons (Fsp3) is 0.192. The summed E-state index contributed by atoms with van der Waals surface area (Å²) < 4.78 is 6.40. The predicted octanol–water partition coefficient (Wildman–Crippen LogP) is 4.69. The molecule has 0 fully saturated rings.